The standard InChI is InChI=1S/C11H14F2N2O2.ClH/c12-10(13)7-17-9-3-1-2-8(4-9)6-15-11(16)5-14;/h1-4,10H,5-7,14H2,(H,15,16);1H. The Hall–Kier alpha value is -1.40. The average Bonchev–Trinajstić information content (AvgIpc) is 2.34. The number of hydrogen-bond donors (Lipinski definition) is 2. The van der Waals surface area contributed by atoms with Gasteiger partial charge in [0.15, 0.2) is 0 Å². The molecule has 0 unspecified atom stereocenters. The van der Waals surface area contributed by atoms with Gasteiger partial charge in [0, 0.05) is 6.54 Å². The number of nitrogens with one attached hydrogen (secondary N) is 1. The van der Waals surface area contributed by atoms with Crippen LogP contribution in [0.5, 0.6) is 5.75 Å². The van der Waals surface area contributed by atoms with Gasteiger partial charge in [0.05, 0.1) is 6.54 Å². The molecule has 1 rings (SSSR count). The van der Waals surface area contributed by atoms with Crippen molar-refractivity contribution in [3.05, 3.63) is 29.8 Å². The highest BCUT2D eigenvalue weighted by molar-refractivity contribution is 5.85. The van der Waals surface area contributed by atoms with Crippen molar-refractivity contribution in [1.29, 1.82) is 0 Å². The van der Waals surface area contributed by atoms with Gasteiger partial charge in [-0.15, -0.1) is 12.4 Å². The molecule has 0 heterocycles. The molecule has 3 N–H and O–H groups in total. The first-order chi connectivity index (χ1) is 8.11. The summed E-state index contributed by atoms with van der Waals surface area (Å²) in [6.07, 6.45) is -2.50. The highest BCUT2D eigenvalue weighted by atomic mass is 35.5. The Bertz CT molecular complexity index is 378. The maximum absolute atomic E-state index is 11.9. The average molecular weight is 281 g/mol. The summed E-state index contributed by atoms with van der Waals surface area (Å²) >= 11 is 0. The number of rotatable bonds is 6. The van der Waals surface area contributed by atoms with Crippen LogP contribution in [0, 0.1) is 0 Å². The van der Waals surface area contributed by atoms with E-state index in [0.717, 1.165) is 5.56 Å². The van der Waals surface area contributed by atoms with Crippen molar-refractivity contribution in [2.24, 2.45) is 5.73 Å². The molecule has 0 saturated carbocycles. The lowest BCUT2D eigenvalue weighted by molar-refractivity contribution is -0.119. The van der Waals surface area contributed by atoms with Crippen LogP contribution in [0.4, 0.5) is 8.78 Å². The van der Waals surface area contributed by atoms with Crippen LogP contribution in [0.25, 0.3) is 0 Å². The summed E-state index contributed by atoms with van der Waals surface area (Å²) < 4.78 is 28.7. The number of halogens is 3. The molecule has 0 aliphatic heterocycles. The van der Waals surface area contributed by atoms with E-state index in [-0.39, 0.29) is 24.9 Å². The molecule has 0 fully saturated rings. The molecular formula is C11H15ClF2N2O2. The number of benzene rings is 1. The van der Waals surface area contributed by atoms with E-state index in [2.05, 4.69) is 5.32 Å². The molecule has 0 bridgehead atoms. The second-order valence-electron chi connectivity index (χ2n) is 3.33. The summed E-state index contributed by atoms with van der Waals surface area (Å²) in [6, 6.07) is 6.60. The Balaban J connectivity index is 0.00000289. The summed E-state index contributed by atoms with van der Waals surface area (Å²) in [5, 5.41) is 2.57. The maximum Gasteiger partial charge on any atom is 0.272 e. The van der Waals surface area contributed by atoms with Crippen LogP contribution in [-0.2, 0) is 11.3 Å². The second-order valence-corrected chi connectivity index (χ2v) is 3.33. The molecular weight excluding hydrogens is 266 g/mol. The molecule has 1 aromatic carbocycles. The number of carbonyl (C=O) groups excluding carboxylic acids is 1. The monoisotopic (exact) mass is 280 g/mol. The predicted molar refractivity (Wildman–Crippen MR) is 66.1 cm³/mol. The Kier molecular flexibility index (Phi) is 7.98. The number of nitrogens with two attached hydrogens (primary N) is 1. The fraction of sp³-hybridized carbons (Fsp3) is 0.364. The summed E-state index contributed by atoms with van der Waals surface area (Å²) in [6.45, 7) is -0.428. The van der Waals surface area contributed by atoms with Crippen molar-refractivity contribution in [2.75, 3.05) is 13.2 Å². The molecule has 1 amide bonds. The topological polar surface area (TPSA) is 64.4 Å². The Morgan fingerprint density at radius 1 is 1.44 bits per heavy atom. The zero-order chi connectivity index (χ0) is 12.7. The highest BCUT2D eigenvalue weighted by Crippen LogP contribution is 2.14. The van der Waals surface area contributed by atoms with Crippen LogP contribution in [0.3, 0.4) is 0 Å². The fourth-order valence-electron chi connectivity index (χ4n) is 1.18. The van der Waals surface area contributed by atoms with E-state index < -0.39 is 13.0 Å². The molecule has 1 aromatic rings. The molecule has 0 saturated heterocycles. The maximum atomic E-state index is 11.9. The van der Waals surface area contributed by atoms with E-state index in [0.29, 0.717) is 12.3 Å². The molecule has 102 valence electrons. The third kappa shape index (κ3) is 6.36. The Morgan fingerprint density at radius 2 is 2.17 bits per heavy atom. The van der Waals surface area contributed by atoms with Crippen molar-refractivity contribution in [1.82, 2.24) is 5.32 Å². The minimum absolute atomic E-state index is 0. The lowest BCUT2D eigenvalue weighted by Crippen LogP contribution is -2.29. The van der Waals surface area contributed by atoms with Crippen LogP contribution in [0.15, 0.2) is 24.3 Å². The minimum Gasteiger partial charge on any atom is -0.488 e. The molecule has 0 radical (unpaired) electrons. The van der Waals surface area contributed by atoms with Crippen molar-refractivity contribution in [3.63, 3.8) is 0 Å². The van der Waals surface area contributed by atoms with Crippen LogP contribution in [-0.4, -0.2) is 25.5 Å². The van der Waals surface area contributed by atoms with Gasteiger partial charge in [-0.1, -0.05) is 12.1 Å². The third-order valence-electron chi connectivity index (χ3n) is 1.95. The molecule has 18 heavy (non-hydrogen) atoms. The van der Waals surface area contributed by atoms with Crippen LogP contribution >= 0.6 is 12.4 Å². The Morgan fingerprint density at radius 3 is 2.78 bits per heavy atom. The van der Waals surface area contributed by atoms with Gasteiger partial charge in [-0.25, -0.2) is 8.78 Å². The number of ether oxygens (including phenoxy) is 1. The van der Waals surface area contributed by atoms with Gasteiger partial charge in [-0.3, -0.25) is 4.79 Å². The first-order valence-corrected chi connectivity index (χ1v) is 5.08. The molecule has 0 aliphatic carbocycles. The molecule has 0 aromatic heterocycles. The van der Waals surface area contributed by atoms with E-state index in [1.807, 2.05) is 0 Å². The molecule has 0 aliphatic rings. The lowest BCUT2D eigenvalue weighted by atomic mass is 10.2. The van der Waals surface area contributed by atoms with Crippen molar-refractivity contribution in [2.45, 2.75) is 13.0 Å². The molecule has 0 spiro atoms. The van der Waals surface area contributed by atoms with Crippen molar-refractivity contribution < 1.29 is 18.3 Å². The highest BCUT2D eigenvalue weighted by Gasteiger charge is 2.04. The lowest BCUT2D eigenvalue weighted by Gasteiger charge is -2.08. The second kappa shape index (κ2) is 8.66. The minimum atomic E-state index is -2.50. The van der Waals surface area contributed by atoms with E-state index in [1.54, 1.807) is 24.3 Å². The molecule has 7 heteroatoms. The summed E-state index contributed by atoms with van der Waals surface area (Å²) in [7, 11) is 0. The quantitative estimate of drug-likeness (QED) is 0.826. The summed E-state index contributed by atoms with van der Waals surface area (Å²) in [4.78, 5) is 10.9. The van der Waals surface area contributed by atoms with Gasteiger partial charge in [0.1, 0.15) is 12.4 Å². The number of carbonyl (C=O) groups is 1. The van der Waals surface area contributed by atoms with Gasteiger partial charge >= 0.3 is 0 Å². The van der Waals surface area contributed by atoms with Gasteiger partial charge in [-0.05, 0) is 17.7 Å². The van der Waals surface area contributed by atoms with Crippen LogP contribution in [0.1, 0.15) is 5.56 Å². The fourth-order valence-corrected chi connectivity index (χ4v) is 1.18. The predicted octanol–water partition coefficient (Wildman–Crippen LogP) is 1.33. The summed E-state index contributed by atoms with van der Waals surface area (Å²) in [5.41, 5.74) is 5.89. The van der Waals surface area contributed by atoms with Gasteiger partial charge < -0.3 is 15.8 Å². The van der Waals surface area contributed by atoms with E-state index in [4.69, 9.17) is 10.5 Å². The third-order valence-corrected chi connectivity index (χ3v) is 1.95. The van der Waals surface area contributed by atoms with Gasteiger partial charge in [-0.2, -0.15) is 0 Å². The molecule has 4 nitrogen and oxygen atoms in total. The van der Waals surface area contributed by atoms with E-state index in [9.17, 15) is 13.6 Å². The zero-order valence-electron chi connectivity index (χ0n) is 9.57. The normalized spacial score (nSPS) is 9.78. The van der Waals surface area contributed by atoms with Crippen LogP contribution in [0.2, 0.25) is 0 Å². The van der Waals surface area contributed by atoms with Gasteiger partial charge in [0.25, 0.3) is 6.43 Å². The largest absolute Gasteiger partial charge is 0.488 e. The first kappa shape index (κ1) is 16.6. The summed E-state index contributed by atoms with van der Waals surface area (Å²) in [5.74, 6) is 0.0775. The number of hydrogen-bond acceptors (Lipinski definition) is 3. The Labute approximate surface area is 110 Å². The molecule has 0 atom stereocenters. The van der Waals surface area contributed by atoms with Crippen LogP contribution < -0.4 is 15.8 Å². The first-order valence-electron chi connectivity index (χ1n) is 5.08. The zero-order valence-corrected chi connectivity index (χ0v) is 10.4. The van der Waals surface area contributed by atoms with E-state index in [1.165, 1.54) is 0 Å². The number of alkyl halides is 2. The smallest absolute Gasteiger partial charge is 0.272 e. The van der Waals surface area contributed by atoms with Crippen molar-refractivity contribution >= 4 is 18.3 Å². The van der Waals surface area contributed by atoms with E-state index >= 15 is 0 Å². The van der Waals surface area contributed by atoms with Gasteiger partial charge in [0.2, 0.25) is 5.91 Å². The SMILES string of the molecule is Cl.NCC(=O)NCc1cccc(OCC(F)F)c1. The number of amides is 1. The van der Waals surface area contributed by atoms with Crippen molar-refractivity contribution in [3.8, 4) is 5.75 Å².